The summed E-state index contributed by atoms with van der Waals surface area (Å²) < 4.78 is 0. The van der Waals surface area contributed by atoms with Gasteiger partial charge in [-0.1, -0.05) is 0 Å². The fourth-order valence-corrected chi connectivity index (χ4v) is 0.377. The van der Waals surface area contributed by atoms with Crippen LogP contribution in [0.2, 0.25) is 0 Å². The minimum Gasteiger partial charge on any atom is -0.478 e. The first-order valence-corrected chi connectivity index (χ1v) is 2.89. The van der Waals surface area contributed by atoms with Gasteiger partial charge in [0.25, 0.3) is 0 Å². The normalized spacial score (nSPS) is 10.7. The van der Waals surface area contributed by atoms with Gasteiger partial charge >= 0.3 is 5.97 Å². The van der Waals surface area contributed by atoms with E-state index in [0.29, 0.717) is 6.54 Å². The summed E-state index contributed by atoms with van der Waals surface area (Å²) >= 11 is 0. The van der Waals surface area contributed by atoms with Crippen LogP contribution in [0.4, 0.5) is 0 Å². The molecule has 0 atom stereocenters. The van der Waals surface area contributed by atoms with Crippen LogP contribution in [0.3, 0.4) is 0 Å². The number of hydrogen-bond donors (Lipinski definition) is 3. The molecular weight excluding hydrogens is 132 g/mol. The van der Waals surface area contributed by atoms with Crippen LogP contribution in [0.25, 0.3) is 0 Å². The lowest BCUT2D eigenvalue weighted by Crippen LogP contribution is -2.09. The summed E-state index contributed by atoms with van der Waals surface area (Å²) in [7, 11) is 0. The molecule has 0 bridgehead atoms. The average molecular weight is 142 g/mol. The van der Waals surface area contributed by atoms with Crippen molar-refractivity contribution in [1.82, 2.24) is 5.32 Å². The van der Waals surface area contributed by atoms with Crippen molar-refractivity contribution >= 4 is 12.2 Å². The second-order valence-corrected chi connectivity index (χ2v) is 1.61. The van der Waals surface area contributed by atoms with Crippen LogP contribution in [0, 0.1) is 5.41 Å². The van der Waals surface area contributed by atoms with E-state index in [2.05, 4.69) is 5.32 Å². The second kappa shape index (κ2) is 4.55. The Bertz CT molecular complexity index is 163. The maximum Gasteiger partial charge on any atom is 0.338 e. The van der Waals surface area contributed by atoms with E-state index in [9.17, 15) is 4.79 Å². The molecule has 0 aliphatic heterocycles. The Labute approximate surface area is 59.1 Å². The minimum absolute atomic E-state index is 0.0400. The van der Waals surface area contributed by atoms with E-state index < -0.39 is 5.97 Å². The fourth-order valence-electron chi connectivity index (χ4n) is 0.377. The largest absolute Gasteiger partial charge is 0.478 e. The summed E-state index contributed by atoms with van der Waals surface area (Å²) in [5.41, 5.74) is -0.0400. The molecule has 0 radical (unpaired) electrons. The van der Waals surface area contributed by atoms with E-state index in [-0.39, 0.29) is 5.57 Å². The molecule has 0 saturated carbocycles. The topological polar surface area (TPSA) is 73.2 Å². The summed E-state index contributed by atoms with van der Waals surface area (Å²) in [4.78, 5) is 10.2. The Morgan fingerprint density at radius 3 is 2.70 bits per heavy atom. The molecule has 10 heavy (non-hydrogen) atoms. The molecule has 4 heteroatoms. The van der Waals surface area contributed by atoms with E-state index in [1.54, 1.807) is 0 Å². The predicted molar refractivity (Wildman–Crippen MR) is 38.2 cm³/mol. The smallest absolute Gasteiger partial charge is 0.338 e. The number of rotatable bonds is 4. The van der Waals surface area contributed by atoms with E-state index in [4.69, 9.17) is 10.5 Å². The van der Waals surface area contributed by atoms with E-state index in [1.165, 1.54) is 6.20 Å². The van der Waals surface area contributed by atoms with Crippen molar-refractivity contribution in [3.63, 3.8) is 0 Å². The van der Waals surface area contributed by atoms with Crippen LogP contribution in [0.15, 0.2) is 11.8 Å². The standard InChI is InChI=1S/C6H10N2O2/c1-2-8-4-5(3-7)6(9)10/h3-4,7-8H,2H2,1H3,(H,9,10)/b5-4+,7-3?. The number of aliphatic carboxylic acids is 1. The summed E-state index contributed by atoms with van der Waals surface area (Å²) in [5.74, 6) is -1.09. The molecule has 56 valence electrons. The van der Waals surface area contributed by atoms with Crippen molar-refractivity contribution in [3.05, 3.63) is 11.8 Å². The predicted octanol–water partition coefficient (Wildman–Crippen LogP) is 0.214. The molecule has 0 amide bonds. The lowest BCUT2D eigenvalue weighted by atomic mass is 10.3. The van der Waals surface area contributed by atoms with Gasteiger partial charge in [0, 0.05) is 19.0 Å². The molecule has 0 rings (SSSR count). The van der Waals surface area contributed by atoms with Gasteiger partial charge in [0.15, 0.2) is 0 Å². The lowest BCUT2D eigenvalue weighted by Gasteiger charge is -1.94. The first-order valence-electron chi connectivity index (χ1n) is 2.89. The summed E-state index contributed by atoms with van der Waals surface area (Å²) in [6.45, 7) is 2.50. The number of nitrogens with one attached hydrogen (secondary N) is 2. The first kappa shape index (κ1) is 8.68. The van der Waals surface area contributed by atoms with Crippen LogP contribution in [0.5, 0.6) is 0 Å². The third kappa shape index (κ3) is 2.86. The van der Waals surface area contributed by atoms with Gasteiger partial charge in [-0.2, -0.15) is 0 Å². The van der Waals surface area contributed by atoms with E-state index in [1.807, 2.05) is 6.92 Å². The molecule has 0 spiro atoms. The third-order valence-corrected chi connectivity index (χ3v) is 0.864. The van der Waals surface area contributed by atoms with Crippen molar-refractivity contribution in [2.75, 3.05) is 6.54 Å². The number of hydrogen-bond acceptors (Lipinski definition) is 3. The van der Waals surface area contributed by atoms with Crippen molar-refractivity contribution in [2.45, 2.75) is 6.92 Å². The monoisotopic (exact) mass is 142 g/mol. The van der Waals surface area contributed by atoms with Gasteiger partial charge in [-0.15, -0.1) is 0 Å². The Morgan fingerprint density at radius 1 is 1.80 bits per heavy atom. The van der Waals surface area contributed by atoms with Crippen molar-refractivity contribution in [2.24, 2.45) is 0 Å². The van der Waals surface area contributed by atoms with E-state index in [0.717, 1.165) is 6.21 Å². The first-order chi connectivity index (χ1) is 4.72. The second-order valence-electron chi connectivity index (χ2n) is 1.61. The molecule has 0 fully saturated rings. The molecule has 0 aliphatic carbocycles. The van der Waals surface area contributed by atoms with Crippen LogP contribution < -0.4 is 5.32 Å². The van der Waals surface area contributed by atoms with Crippen LogP contribution in [-0.2, 0) is 4.79 Å². The maximum absolute atomic E-state index is 10.2. The quantitative estimate of drug-likeness (QED) is 0.388. The zero-order valence-corrected chi connectivity index (χ0v) is 5.72. The molecular formula is C6H10N2O2. The van der Waals surface area contributed by atoms with Gasteiger partial charge < -0.3 is 15.8 Å². The molecule has 0 aromatic heterocycles. The molecule has 0 unspecified atom stereocenters. The number of carbonyl (C=O) groups is 1. The third-order valence-electron chi connectivity index (χ3n) is 0.864. The zero-order chi connectivity index (χ0) is 7.98. The molecule has 0 aromatic rings. The van der Waals surface area contributed by atoms with Gasteiger partial charge in [0.2, 0.25) is 0 Å². The van der Waals surface area contributed by atoms with Crippen molar-refractivity contribution < 1.29 is 9.90 Å². The molecule has 0 saturated heterocycles. The van der Waals surface area contributed by atoms with Gasteiger partial charge in [-0.25, -0.2) is 4.79 Å². The van der Waals surface area contributed by atoms with Crippen LogP contribution in [0.1, 0.15) is 6.92 Å². The minimum atomic E-state index is -1.09. The summed E-state index contributed by atoms with van der Waals surface area (Å²) in [6.07, 6.45) is 2.10. The molecule has 0 heterocycles. The van der Waals surface area contributed by atoms with Crippen molar-refractivity contribution in [1.29, 1.82) is 5.41 Å². The highest BCUT2D eigenvalue weighted by atomic mass is 16.4. The van der Waals surface area contributed by atoms with Crippen molar-refractivity contribution in [3.8, 4) is 0 Å². The maximum atomic E-state index is 10.2. The van der Waals surface area contributed by atoms with E-state index >= 15 is 0 Å². The Morgan fingerprint density at radius 2 is 2.40 bits per heavy atom. The van der Waals surface area contributed by atoms with Crippen LogP contribution in [-0.4, -0.2) is 23.8 Å². The van der Waals surface area contributed by atoms with Crippen LogP contribution >= 0.6 is 0 Å². The molecule has 0 aromatic carbocycles. The Balaban J connectivity index is 4.04. The Kier molecular flexibility index (Phi) is 3.95. The summed E-state index contributed by atoms with van der Waals surface area (Å²) in [6, 6.07) is 0. The summed E-state index contributed by atoms with van der Waals surface area (Å²) in [5, 5.41) is 17.7. The van der Waals surface area contributed by atoms with Gasteiger partial charge in [-0.3, -0.25) is 0 Å². The van der Waals surface area contributed by atoms with Gasteiger partial charge in [0.1, 0.15) is 0 Å². The molecule has 0 aliphatic rings. The van der Waals surface area contributed by atoms with Gasteiger partial charge in [-0.05, 0) is 6.92 Å². The van der Waals surface area contributed by atoms with Gasteiger partial charge in [0.05, 0.1) is 5.57 Å². The molecule has 4 nitrogen and oxygen atoms in total. The average Bonchev–Trinajstić information content (AvgIpc) is 1.89. The lowest BCUT2D eigenvalue weighted by molar-refractivity contribution is -0.132. The highest BCUT2D eigenvalue weighted by molar-refractivity contribution is 6.07. The highest BCUT2D eigenvalue weighted by Crippen LogP contribution is 1.85. The number of carboxylic acids is 1. The fraction of sp³-hybridized carbons (Fsp3) is 0.333. The Hall–Kier alpha value is -1.32. The zero-order valence-electron chi connectivity index (χ0n) is 5.72. The number of carboxylic acid groups (broad SMARTS) is 1. The highest BCUT2D eigenvalue weighted by Gasteiger charge is 2.00. The molecule has 3 N–H and O–H groups in total. The SMILES string of the molecule is CCN/C=C(\C=N)C(=O)O.